The first-order valence-corrected chi connectivity index (χ1v) is 5.62. The van der Waals surface area contributed by atoms with E-state index in [2.05, 4.69) is 0 Å². The van der Waals surface area contributed by atoms with Crippen LogP contribution in [0.15, 0.2) is 30.3 Å². The van der Waals surface area contributed by atoms with Crippen molar-refractivity contribution in [3.63, 3.8) is 0 Å². The third-order valence-electron chi connectivity index (χ3n) is 2.54. The molecule has 2 unspecified atom stereocenters. The Bertz CT molecular complexity index is 321. The number of Topliss-reactive ketones (excluding diaryl/α,β-unsaturated/α-hetero) is 1. The highest BCUT2D eigenvalue weighted by molar-refractivity contribution is 5.99. The molecule has 0 aliphatic carbocycles. The van der Waals surface area contributed by atoms with E-state index in [-0.39, 0.29) is 0 Å². The second-order valence-corrected chi connectivity index (χ2v) is 3.88. The second-order valence-electron chi connectivity index (χ2n) is 3.88. The molecule has 0 fully saturated rings. The zero-order chi connectivity index (χ0) is 12.0. The lowest BCUT2D eigenvalue weighted by Gasteiger charge is -2.16. The summed E-state index contributed by atoms with van der Waals surface area (Å²) >= 11 is 0. The fourth-order valence-corrected chi connectivity index (χ4v) is 1.52. The number of rotatable bonds is 6. The first-order valence-electron chi connectivity index (χ1n) is 5.62. The minimum absolute atomic E-state index is 0.413. The van der Waals surface area contributed by atoms with Gasteiger partial charge in [0.05, 0.1) is 6.10 Å². The van der Waals surface area contributed by atoms with Gasteiger partial charge >= 0.3 is 0 Å². The number of hydrogen-bond acceptors (Lipinski definition) is 3. The topological polar surface area (TPSA) is 57.5 Å². The molecular weight excluding hydrogens is 204 g/mol. The van der Waals surface area contributed by atoms with Gasteiger partial charge in [-0.15, -0.1) is 0 Å². The van der Waals surface area contributed by atoms with Gasteiger partial charge in [-0.25, -0.2) is 0 Å². The summed E-state index contributed by atoms with van der Waals surface area (Å²) in [6.45, 7) is 2.00. The molecule has 16 heavy (non-hydrogen) atoms. The highest BCUT2D eigenvalue weighted by atomic mass is 16.3. The second kappa shape index (κ2) is 6.40. The van der Waals surface area contributed by atoms with Crippen molar-refractivity contribution in [1.82, 2.24) is 0 Å². The van der Waals surface area contributed by atoms with E-state index in [9.17, 15) is 15.0 Å². The number of carbonyl (C=O) groups is 1. The lowest BCUT2D eigenvalue weighted by atomic mass is 9.99. The lowest BCUT2D eigenvalue weighted by molar-refractivity contribution is 0.0169. The van der Waals surface area contributed by atoms with Gasteiger partial charge in [0.2, 0.25) is 0 Å². The van der Waals surface area contributed by atoms with E-state index >= 15 is 0 Å². The summed E-state index contributed by atoms with van der Waals surface area (Å²) in [7, 11) is 0. The predicted octanol–water partition coefficient (Wildman–Crippen LogP) is 1.78. The van der Waals surface area contributed by atoms with Gasteiger partial charge in [0.15, 0.2) is 5.78 Å². The fourth-order valence-electron chi connectivity index (χ4n) is 1.52. The summed E-state index contributed by atoms with van der Waals surface area (Å²) in [6.07, 6.45) is -0.0820. The lowest BCUT2D eigenvalue weighted by Crippen LogP contribution is -2.33. The van der Waals surface area contributed by atoms with Crippen molar-refractivity contribution < 1.29 is 15.0 Å². The molecule has 2 N–H and O–H groups in total. The van der Waals surface area contributed by atoms with Crippen LogP contribution in [0, 0.1) is 0 Å². The van der Waals surface area contributed by atoms with Gasteiger partial charge in [-0.1, -0.05) is 50.1 Å². The van der Waals surface area contributed by atoms with E-state index in [0.29, 0.717) is 12.0 Å². The molecule has 0 saturated heterocycles. The monoisotopic (exact) mass is 222 g/mol. The Balaban J connectivity index is 2.60. The summed E-state index contributed by atoms with van der Waals surface area (Å²) in [4.78, 5) is 11.7. The standard InChI is InChI=1S/C13H18O3/c1-2-3-9-11(14)13(16)12(15)10-7-5-4-6-8-10/h4-8,11,13-14,16H,2-3,9H2,1H3. The Morgan fingerprint density at radius 3 is 2.44 bits per heavy atom. The maximum atomic E-state index is 11.7. The average molecular weight is 222 g/mol. The maximum Gasteiger partial charge on any atom is 0.193 e. The zero-order valence-electron chi connectivity index (χ0n) is 9.47. The van der Waals surface area contributed by atoms with Gasteiger partial charge in [0.25, 0.3) is 0 Å². The fraction of sp³-hybridized carbons (Fsp3) is 0.462. The van der Waals surface area contributed by atoms with E-state index in [1.54, 1.807) is 30.3 Å². The van der Waals surface area contributed by atoms with E-state index in [1.807, 2.05) is 6.92 Å². The predicted molar refractivity (Wildman–Crippen MR) is 62.3 cm³/mol. The molecule has 0 heterocycles. The van der Waals surface area contributed by atoms with Crippen LogP contribution in [0.4, 0.5) is 0 Å². The third-order valence-corrected chi connectivity index (χ3v) is 2.54. The molecule has 0 bridgehead atoms. The molecule has 1 rings (SSSR count). The van der Waals surface area contributed by atoms with Crippen LogP contribution in [0.25, 0.3) is 0 Å². The number of aliphatic hydroxyl groups is 2. The van der Waals surface area contributed by atoms with Crippen LogP contribution in [0.2, 0.25) is 0 Å². The van der Waals surface area contributed by atoms with E-state index < -0.39 is 18.0 Å². The van der Waals surface area contributed by atoms with E-state index in [0.717, 1.165) is 12.8 Å². The molecule has 0 radical (unpaired) electrons. The molecule has 0 spiro atoms. The van der Waals surface area contributed by atoms with Crippen LogP contribution in [0.1, 0.15) is 36.5 Å². The first-order chi connectivity index (χ1) is 7.66. The molecule has 0 amide bonds. The summed E-state index contributed by atoms with van der Waals surface area (Å²) in [6, 6.07) is 8.55. The quantitative estimate of drug-likeness (QED) is 0.721. The Hall–Kier alpha value is -1.19. The molecule has 1 aromatic rings. The van der Waals surface area contributed by atoms with Crippen LogP contribution in [0.3, 0.4) is 0 Å². The molecule has 3 nitrogen and oxygen atoms in total. The molecule has 3 heteroatoms. The summed E-state index contributed by atoms with van der Waals surface area (Å²) < 4.78 is 0. The van der Waals surface area contributed by atoms with Crippen LogP contribution < -0.4 is 0 Å². The van der Waals surface area contributed by atoms with Gasteiger partial charge in [-0.3, -0.25) is 4.79 Å². The zero-order valence-corrected chi connectivity index (χ0v) is 9.47. The van der Waals surface area contributed by atoms with Crippen LogP contribution in [-0.4, -0.2) is 28.2 Å². The van der Waals surface area contributed by atoms with Crippen molar-refractivity contribution >= 4 is 5.78 Å². The Morgan fingerprint density at radius 1 is 1.25 bits per heavy atom. The number of hydrogen-bond donors (Lipinski definition) is 2. The van der Waals surface area contributed by atoms with Crippen molar-refractivity contribution in [2.24, 2.45) is 0 Å². The molecule has 0 saturated carbocycles. The summed E-state index contributed by atoms with van der Waals surface area (Å²) in [5, 5.41) is 19.3. The van der Waals surface area contributed by atoms with Crippen LogP contribution in [-0.2, 0) is 0 Å². The van der Waals surface area contributed by atoms with Crippen molar-refractivity contribution in [3.8, 4) is 0 Å². The molecule has 1 aromatic carbocycles. The normalized spacial score (nSPS) is 14.4. The largest absolute Gasteiger partial charge is 0.390 e. The minimum Gasteiger partial charge on any atom is -0.390 e. The maximum absolute atomic E-state index is 11.7. The summed E-state index contributed by atoms with van der Waals surface area (Å²) in [5.41, 5.74) is 0.436. The van der Waals surface area contributed by atoms with Crippen LogP contribution in [0.5, 0.6) is 0 Å². The van der Waals surface area contributed by atoms with E-state index in [1.165, 1.54) is 0 Å². The molecule has 88 valence electrons. The van der Waals surface area contributed by atoms with Crippen LogP contribution >= 0.6 is 0 Å². The Kier molecular flexibility index (Phi) is 5.15. The molecule has 0 aliphatic heterocycles. The molecule has 0 aliphatic rings. The molecule has 0 aromatic heterocycles. The molecular formula is C13H18O3. The SMILES string of the molecule is CCCCC(O)C(O)C(=O)c1ccccc1. The number of unbranched alkanes of at least 4 members (excludes halogenated alkanes) is 1. The number of carbonyl (C=O) groups excluding carboxylic acids is 1. The van der Waals surface area contributed by atoms with Crippen molar-refractivity contribution in [2.75, 3.05) is 0 Å². The number of benzene rings is 1. The van der Waals surface area contributed by atoms with Crippen molar-refractivity contribution in [3.05, 3.63) is 35.9 Å². The highest BCUT2D eigenvalue weighted by Gasteiger charge is 2.24. The van der Waals surface area contributed by atoms with Gasteiger partial charge in [-0.2, -0.15) is 0 Å². The van der Waals surface area contributed by atoms with Gasteiger partial charge in [0, 0.05) is 5.56 Å². The van der Waals surface area contributed by atoms with Gasteiger partial charge < -0.3 is 10.2 Å². The smallest absolute Gasteiger partial charge is 0.193 e. The van der Waals surface area contributed by atoms with E-state index in [4.69, 9.17) is 0 Å². The first kappa shape index (κ1) is 12.9. The number of aliphatic hydroxyl groups excluding tert-OH is 2. The highest BCUT2D eigenvalue weighted by Crippen LogP contribution is 2.10. The van der Waals surface area contributed by atoms with Crippen molar-refractivity contribution in [1.29, 1.82) is 0 Å². The van der Waals surface area contributed by atoms with Gasteiger partial charge in [0.1, 0.15) is 6.10 Å². The Labute approximate surface area is 95.7 Å². The minimum atomic E-state index is -1.31. The molecule has 2 atom stereocenters. The van der Waals surface area contributed by atoms with Crippen molar-refractivity contribution in [2.45, 2.75) is 38.4 Å². The average Bonchev–Trinajstić information content (AvgIpc) is 2.35. The number of ketones is 1. The van der Waals surface area contributed by atoms with Gasteiger partial charge in [-0.05, 0) is 6.42 Å². The third kappa shape index (κ3) is 3.43. The summed E-state index contributed by atoms with van der Waals surface area (Å²) in [5.74, 6) is -0.413. The Morgan fingerprint density at radius 2 is 1.88 bits per heavy atom.